The molecule has 0 saturated heterocycles. The number of nitrogens with zero attached hydrogens (tertiary/aromatic N) is 1. The summed E-state index contributed by atoms with van der Waals surface area (Å²) in [4.78, 5) is 31.2. The van der Waals surface area contributed by atoms with Crippen molar-refractivity contribution in [1.29, 1.82) is 0 Å². The van der Waals surface area contributed by atoms with Crippen molar-refractivity contribution in [3.8, 4) is 0 Å². The lowest BCUT2D eigenvalue weighted by Gasteiger charge is -2.20. The number of unbranched alkanes of at least 4 members (excludes halogenated alkanes) is 1. The number of hydrogen-bond acceptors (Lipinski definition) is 4. The van der Waals surface area contributed by atoms with Crippen LogP contribution in [0.2, 0.25) is 0 Å². The van der Waals surface area contributed by atoms with Crippen molar-refractivity contribution in [2.45, 2.75) is 51.4 Å². The van der Waals surface area contributed by atoms with Crippen molar-refractivity contribution >= 4 is 34.0 Å². The van der Waals surface area contributed by atoms with Crippen molar-refractivity contribution in [1.82, 2.24) is 4.98 Å². The molecule has 0 bridgehead atoms. The first-order valence-electron chi connectivity index (χ1n) is 10.9. The third kappa shape index (κ3) is 5.20. The zero-order valence-corrected chi connectivity index (χ0v) is 18.5. The van der Waals surface area contributed by atoms with Crippen LogP contribution < -0.4 is 10.6 Å². The highest BCUT2D eigenvalue weighted by atomic mass is 32.1. The van der Waals surface area contributed by atoms with Gasteiger partial charge in [0.05, 0.1) is 11.6 Å². The van der Waals surface area contributed by atoms with E-state index < -0.39 is 0 Å². The van der Waals surface area contributed by atoms with Crippen molar-refractivity contribution in [3.05, 3.63) is 76.3 Å². The molecule has 2 amide bonds. The fraction of sp³-hybridized carbons (Fsp3) is 0.320. The monoisotopic (exact) mass is 433 g/mol. The number of benzene rings is 2. The molecule has 6 heteroatoms. The maximum atomic E-state index is 13.0. The molecule has 1 unspecified atom stereocenters. The Bertz CT molecular complexity index is 1040. The van der Waals surface area contributed by atoms with Gasteiger partial charge >= 0.3 is 0 Å². The average Bonchev–Trinajstić information content (AvgIpc) is 3.21. The molecule has 4 rings (SSSR count). The number of aromatic nitrogens is 1. The second-order valence-electron chi connectivity index (χ2n) is 7.88. The van der Waals surface area contributed by atoms with Crippen LogP contribution in [-0.2, 0) is 17.6 Å². The molecule has 0 spiro atoms. The van der Waals surface area contributed by atoms with Gasteiger partial charge in [-0.05, 0) is 61.9 Å². The summed E-state index contributed by atoms with van der Waals surface area (Å²) in [6, 6.07) is 17.2. The van der Waals surface area contributed by atoms with Gasteiger partial charge in [-0.25, -0.2) is 4.98 Å². The number of carbonyl (C=O) groups is 2. The molecule has 1 heterocycles. The summed E-state index contributed by atoms with van der Waals surface area (Å²) < 4.78 is 0. The zero-order chi connectivity index (χ0) is 21.6. The quantitative estimate of drug-likeness (QED) is 0.495. The molecule has 0 aliphatic heterocycles. The number of thiazole rings is 1. The summed E-state index contributed by atoms with van der Waals surface area (Å²) in [5, 5.41) is 6.49. The van der Waals surface area contributed by atoms with Crippen molar-refractivity contribution in [3.63, 3.8) is 0 Å². The first-order valence-corrected chi connectivity index (χ1v) is 11.7. The second-order valence-corrected chi connectivity index (χ2v) is 8.97. The lowest BCUT2D eigenvalue weighted by Crippen LogP contribution is -2.24. The van der Waals surface area contributed by atoms with Crippen LogP contribution in [0.1, 0.15) is 65.0 Å². The SMILES string of the molecule is CCCCc1ccc(NC(=O)C2CCCc3sc(NC(=O)c4ccccc4)nc32)cc1. The predicted octanol–water partition coefficient (Wildman–Crippen LogP) is 5.80. The van der Waals surface area contributed by atoms with E-state index in [0.29, 0.717) is 10.7 Å². The standard InChI is InChI=1S/C25H27N3O2S/c1-2-3-8-17-13-15-19(16-14-17)26-24(30)20-11-7-12-21-22(20)27-25(31-21)28-23(29)18-9-5-4-6-10-18/h4-6,9-10,13-16,20H,2-3,7-8,11-12H2,1H3,(H,26,30)(H,27,28,29). The Morgan fingerprint density at radius 3 is 2.58 bits per heavy atom. The molecule has 3 aromatic rings. The topological polar surface area (TPSA) is 71.1 Å². The van der Waals surface area contributed by atoms with E-state index in [2.05, 4.69) is 34.7 Å². The molecule has 1 atom stereocenters. The number of aryl methyl sites for hydroxylation is 2. The normalized spacial score (nSPS) is 15.2. The number of nitrogens with one attached hydrogen (secondary N) is 2. The van der Waals surface area contributed by atoms with Gasteiger partial charge in [-0.1, -0.05) is 43.7 Å². The number of rotatable bonds is 7. The summed E-state index contributed by atoms with van der Waals surface area (Å²) in [5.41, 5.74) is 3.49. The molecule has 5 nitrogen and oxygen atoms in total. The van der Waals surface area contributed by atoms with Crippen LogP contribution in [0, 0.1) is 0 Å². The molecule has 1 aromatic heterocycles. The third-order valence-electron chi connectivity index (χ3n) is 5.57. The molecule has 1 aliphatic carbocycles. The fourth-order valence-electron chi connectivity index (χ4n) is 3.85. The zero-order valence-electron chi connectivity index (χ0n) is 17.7. The molecule has 2 N–H and O–H groups in total. The Morgan fingerprint density at radius 2 is 1.84 bits per heavy atom. The summed E-state index contributed by atoms with van der Waals surface area (Å²) in [6.07, 6.45) is 6.00. The Kier molecular flexibility index (Phi) is 6.77. The number of hydrogen-bond donors (Lipinski definition) is 2. The van der Waals surface area contributed by atoms with Gasteiger partial charge in [0, 0.05) is 16.1 Å². The Balaban J connectivity index is 1.44. The summed E-state index contributed by atoms with van der Waals surface area (Å²) >= 11 is 1.47. The van der Waals surface area contributed by atoms with E-state index in [9.17, 15) is 9.59 Å². The minimum absolute atomic E-state index is 0.0338. The molecule has 31 heavy (non-hydrogen) atoms. The van der Waals surface area contributed by atoms with Crippen molar-refractivity contribution < 1.29 is 9.59 Å². The molecule has 1 aliphatic rings. The van der Waals surface area contributed by atoms with Crippen LogP contribution in [0.4, 0.5) is 10.8 Å². The van der Waals surface area contributed by atoms with Crippen LogP contribution in [0.15, 0.2) is 54.6 Å². The van der Waals surface area contributed by atoms with Gasteiger partial charge in [0.15, 0.2) is 5.13 Å². The van der Waals surface area contributed by atoms with Gasteiger partial charge in [-0.2, -0.15) is 0 Å². The van der Waals surface area contributed by atoms with Crippen molar-refractivity contribution in [2.75, 3.05) is 10.6 Å². The van der Waals surface area contributed by atoms with E-state index in [1.807, 2.05) is 30.3 Å². The molecule has 0 radical (unpaired) electrons. The number of fused-ring (bicyclic) bond motifs is 1. The molecule has 2 aromatic carbocycles. The smallest absolute Gasteiger partial charge is 0.257 e. The summed E-state index contributed by atoms with van der Waals surface area (Å²) in [6.45, 7) is 2.18. The van der Waals surface area contributed by atoms with E-state index in [0.717, 1.165) is 41.9 Å². The fourth-order valence-corrected chi connectivity index (χ4v) is 4.91. The van der Waals surface area contributed by atoms with Crippen LogP contribution >= 0.6 is 11.3 Å². The molecule has 0 fully saturated rings. The van der Waals surface area contributed by atoms with Crippen molar-refractivity contribution in [2.24, 2.45) is 0 Å². The van der Waals surface area contributed by atoms with Crippen LogP contribution in [0.5, 0.6) is 0 Å². The maximum Gasteiger partial charge on any atom is 0.257 e. The summed E-state index contributed by atoms with van der Waals surface area (Å²) in [5.74, 6) is -0.508. The van der Waals surface area contributed by atoms with Gasteiger partial charge < -0.3 is 5.32 Å². The summed E-state index contributed by atoms with van der Waals surface area (Å²) in [7, 11) is 0. The van der Waals surface area contributed by atoms with E-state index in [4.69, 9.17) is 0 Å². The average molecular weight is 434 g/mol. The predicted molar refractivity (Wildman–Crippen MR) is 126 cm³/mol. The highest BCUT2D eigenvalue weighted by Crippen LogP contribution is 2.37. The number of amides is 2. The molecular formula is C25H27N3O2S. The Morgan fingerprint density at radius 1 is 1.06 bits per heavy atom. The van der Waals surface area contributed by atoms with Crippen LogP contribution in [-0.4, -0.2) is 16.8 Å². The minimum atomic E-state index is -0.290. The highest BCUT2D eigenvalue weighted by Gasteiger charge is 2.30. The molecule has 0 saturated carbocycles. The van der Waals surface area contributed by atoms with Gasteiger partial charge in [0.1, 0.15) is 0 Å². The maximum absolute atomic E-state index is 13.0. The lowest BCUT2D eigenvalue weighted by molar-refractivity contribution is -0.117. The van der Waals surface area contributed by atoms with Gasteiger partial charge in [-0.15, -0.1) is 11.3 Å². The Hall–Kier alpha value is -2.99. The van der Waals surface area contributed by atoms with E-state index in [-0.39, 0.29) is 17.7 Å². The second kappa shape index (κ2) is 9.88. The van der Waals surface area contributed by atoms with E-state index in [1.165, 1.54) is 29.7 Å². The number of anilines is 2. The van der Waals surface area contributed by atoms with Crippen LogP contribution in [0.3, 0.4) is 0 Å². The van der Waals surface area contributed by atoms with E-state index in [1.54, 1.807) is 12.1 Å². The van der Waals surface area contributed by atoms with Gasteiger partial charge in [0.25, 0.3) is 5.91 Å². The van der Waals surface area contributed by atoms with Gasteiger partial charge in [0.2, 0.25) is 5.91 Å². The first kappa shape index (κ1) is 21.2. The third-order valence-corrected chi connectivity index (χ3v) is 6.61. The number of carbonyl (C=O) groups excluding carboxylic acids is 2. The highest BCUT2D eigenvalue weighted by molar-refractivity contribution is 7.16. The largest absolute Gasteiger partial charge is 0.326 e. The van der Waals surface area contributed by atoms with E-state index >= 15 is 0 Å². The Labute approximate surface area is 186 Å². The first-order chi connectivity index (χ1) is 15.1. The van der Waals surface area contributed by atoms with Gasteiger partial charge in [-0.3, -0.25) is 14.9 Å². The lowest BCUT2D eigenvalue weighted by atomic mass is 9.90. The molecular weight excluding hydrogens is 406 g/mol. The van der Waals surface area contributed by atoms with Crippen LogP contribution in [0.25, 0.3) is 0 Å². The minimum Gasteiger partial charge on any atom is -0.326 e. The molecule has 160 valence electrons.